The number of nitrogens with zero attached hydrogens (tertiary/aromatic N) is 2. The Hall–Kier alpha value is -4.33. The molecule has 2 aromatic carbocycles. The molecule has 3 aromatic rings. The van der Waals surface area contributed by atoms with Gasteiger partial charge in [-0.2, -0.15) is 0 Å². The molecule has 4 rings (SSSR count). The number of nitrogens with one attached hydrogen (secondary N) is 2. The summed E-state index contributed by atoms with van der Waals surface area (Å²) in [6, 6.07) is 6.05. The first-order valence-electron chi connectivity index (χ1n) is 9.35. The third kappa shape index (κ3) is 3.83. The Balaban J connectivity index is 1.92. The molecular formula is C20H14F3N5O5S. The van der Waals surface area contributed by atoms with E-state index in [4.69, 9.17) is 5.73 Å². The van der Waals surface area contributed by atoms with E-state index in [1.165, 1.54) is 12.1 Å². The minimum Gasteiger partial charge on any atom is -0.478 e. The molecular weight excluding hydrogens is 479 g/mol. The summed E-state index contributed by atoms with van der Waals surface area (Å²) in [4.78, 5) is 27.2. The third-order valence-corrected chi connectivity index (χ3v) is 6.29. The van der Waals surface area contributed by atoms with Crippen molar-refractivity contribution in [2.75, 3.05) is 21.6 Å². The van der Waals surface area contributed by atoms with E-state index in [-0.39, 0.29) is 23.7 Å². The van der Waals surface area contributed by atoms with Gasteiger partial charge < -0.3 is 21.1 Å². The van der Waals surface area contributed by atoms with Crippen LogP contribution in [0.2, 0.25) is 0 Å². The van der Waals surface area contributed by atoms with Crippen LogP contribution >= 0.6 is 0 Å². The number of carbonyl (C=O) groups is 2. The van der Waals surface area contributed by atoms with E-state index >= 15 is 4.39 Å². The molecule has 0 saturated carbocycles. The van der Waals surface area contributed by atoms with Crippen molar-refractivity contribution in [2.45, 2.75) is 4.90 Å². The standard InChI is InChI=1S/C20H14F3N5O5S/c21-10-3-1-2-4-14(10)34(32,33)27-17-12(6-11(22)15(16(17)23)18(24)29)28-8-26-19-13(28)5-9(7-25-19)20(30)31/h1-7,27H,8H2,(H2,24,29)(H,25,26)(H,30,31). The maximum Gasteiger partial charge on any atom is 0.337 e. The fourth-order valence-corrected chi connectivity index (χ4v) is 4.52. The SMILES string of the molecule is NC(=O)c1c(F)cc(N2CNc3ncc(C(=O)O)cc32)c(NS(=O)(=O)c2ccccc2F)c1F. The number of nitrogens with two attached hydrogens (primary N) is 1. The monoisotopic (exact) mass is 493 g/mol. The van der Waals surface area contributed by atoms with Crippen LogP contribution in [0.5, 0.6) is 0 Å². The van der Waals surface area contributed by atoms with E-state index in [0.717, 1.165) is 29.3 Å². The minimum atomic E-state index is -4.77. The van der Waals surface area contributed by atoms with Crippen LogP contribution in [0, 0.1) is 17.5 Å². The molecule has 0 atom stereocenters. The number of benzene rings is 2. The maximum atomic E-state index is 15.3. The van der Waals surface area contributed by atoms with Gasteiger partial charge in [0.25, 0.3) is 15.9 Å². The zero-order chi connectivity index (χ0) is 24.8. The number of carboxylic acid groups (broad SMARTS) is 1. The van der Waals surface area contributed by atoms with Crippen LogP contribution in [0.4, 0.5) is 36.1 Å². The van der Waals surface area contributed by atoms with Crippen molar-refractivity contribution in [3.8, 4) is 0 Å². The van der Waals surface area contributed by atoms with Gasteiger partial charge in [0.05, 0.1) is 23.6 Å². The van der Waals surface area contributed by atoms with Gasteiger partial charge in [0.2, 0.25) is 0 Å². The molecule has 1 aliphatic rings. The lowest BCUT2D eigenvalue weighted by molar-refractivity contribution is 0.0696. The number of amides is 1. The summed E-state index contributed by atoms with van der Waals surface area (Å²) in [5, 5.41) is 12.0. The summed E-state index contributed by atoms with van der Waals surface area (Å²) < 4.78 is 71.7. The Morgan fingerprint density at radius 2 is 1.82 bits per heavy atom. The fourth-order valence-electron chi connectivity index (χ4n) is 3.36. The summed E-state index contributed by atoms with van der Waals surface area (Å²) in [7, 11) is -4.77. The molecule has 176 valence electrons. The summed E-state index contributed by atoms with van der Waals surface area (Å²) in [5.41, 5.74) is 2.28. The second kappa shape index (κ2) is 8.22. The molecule has 0 spiro atoms. The van der Waals surface area contributed by atoms with E-state index in [1.807, 2.05) is 4.72 Å². The first kappa shape index (κ1) is 22.8. The Bertz CT molecular complexity index is 1470. The highest BCUT2D eigenvalue weighted by atomic mass is 32.2. The number of halogens is 3. The number of sulfonamides is 1. The second-order valence-electron chi connectivity index (χ2n) is 7.00. The van der Waals surface area contributed by atoms with Crippen LogP contribution in [-0.4, -0.2) is 37.1 Å². The van der Waals surface area contributed by atoms with Crippen molar-refractivity contribution in [2.24, 2.45) is 5.73 Å². The van der Waals surface area contributed by atoms with Crippen LogP contribution < -0.4 is 20.7 Å². The predicted octanol–water partition coefficient (Wildman–Crippen LogP) is 2.62. The van der Waals surface area contributed by atoms with Crippen LogP contribution in [0.3, 0.4) is 0 Å². The first-order chi connectivity index (χ1) is 16.0. The maximum absolute atomic E-state index is 15.3. The molecule has 14 heteroatoms. The predicted molar refractivity (Wildman–Crippen MR) is 114 cm³/mol. The van der Waals surface area contributed by atoms with Crippen molar-refractivity contribution in [3.63, 3.8) is 0 Å². The van der Waals surface area contributed by atoms with Gasteiger partial charge >= 0.3 is 5.97 Å². The molecule has 0 aliphatic carbocycles. The molecule has 5 N–H and O–H groups in total. The first-order valence-corrected chi connectivity index (χ1v) is 10.8. The lowest BCUT2D eigenvalue weighted by atomic mass is 10.1. The highest BCUT2D eigenvalue weighted by Crippen LogP contribution is 2.42. The minimum absolute atomic E-state index is 0.0527. The second-order valence-corrected chi connectivity index (χ2v) is 8.65. The Labute approximate surface area is 189 Å². The van der Waals surface area contributed by atoms with Crippen LogP contribution in [0.1, 0.15) is 20.7 Å². The molecule has 0 radical (unpaired) electrons. The van der Waals surface area contributed by atoms with Crippen molar-refractivity contribution in [3.05, 3.63) is 71.2 Å². The highest BCUT2D eigenvalue weighted by molar-refractivity contribution is 7.92. The Morgan fingerprint density at radius 3 is 2.47 bits per heavy atom. The smallest absolute Gasteiger partial charge is 0.337 e. The quantitative estimate of drug-likeness (QED) is 0.409. The number of fused-ring (bicyclic) bond motifs is 1. The van der Waals surface area contributed by atoms with E-state index in [2.05, 4.69) is 10.3 Å². The zero-order valence-corrected chi connectivity index (χ0v) is 17.7. The highest BCUT2D eigenvalue weighted by Gasteiger charge is 2.32. The molecule has 1 amide bonds. The van der Waals surface area contributed by atoms with Crippen molar-refractivity contribution >= 4 is 44.8 Å². The lowest BCUT2D eigenvalue weighted by Gasteiger charge is -2.23. The van der Waals surface area contributed by atoms with Gasteiger partial charge in [-0.3, -0.25) is 9.52 Å². The molecule has 0 bridgehead atoms. The number of rotatable bonds is 6. The summed E-state index contributed by atoms with van der Waals surface area (Å²) >= 11 is 0. The number of pyridine rings is 1. The average Bonchev–Trinajstić information content (AvgIpc) is 3.18. The van der Waals surface area contributed by atoms with Gasteiger partial charge in [-0.05, 0) is 18.2 Å². The molecule has 0 saturated heterocycles. The molecule has 10 nitrogen and oxygen atoms in total. The largest absolute Gasteiger partial charge is 0.478 e. The zero-order valence-electron chi connectivity index (χ0n) is 16.8. The number of primary amides is 1. The van der Waals surface area contributed by atoms with Crippen LogP contribution in [0.15, 0.2) is 47.5 Å². The molecule has 0 fully saturated rings. The number of hydrogen-bond donors (Lipinski definition) is 4. The third-order valence-electron chi connectivity index (χ3n) is 4.91. The van der Waals surface area contributed by atoms with E-state index in [1.54, 1.807) is 0 Å². The molecule has 1 aliphatic heterocycles. The number of carboxylic acids is 1. The number of carbonyl (C=O) groups excluding carboxylic acids is 1. The molecule has 2 heterocycles. The van der Waals surface area contributed by atoms with Crippen molar-refractivity contribution in [1.82, 2.24) is 4.98 Å². The number of aromatic nitrogens is 1. The fraction of sp³-hybridized carbons (Fsp3) is 0.0500. The lowest BCUT2D eigenvalue weighted by Crippen LogP contribution is -2.24. The number of hydrogen-bond acceptors (Lipinski definition) is 7. The Morgan fingerprint density at radius 1 is 1.12 bits per heavy atom. The van der Waals surface area contributed by atoms with Gasteiger partial charge in [0.1, 0.15) is 27.8 Å². The van der Waals surface area contributed by atoms with E-state index in [0.29, 0.717) is 6.07 Å². The molecule has 34 heavy (non-hydrogen) atoms. The van der Waals surface area contributed by atoms with E-state index < -0.39 is 61.2 Å². The van der Waals surface area contributed by atoms with Gasteiger partial charge in [0.15, 0.2) is 11.6 Å². The molecule has 0 unspecified atom stereocenters. The number of anilines is 4. The summed E-state index contributed by atoms with van der Waals surface area (Å²) in [6.45, 7) is -0.200. The number of aromatic carboxylic acids is 1. The van der Waals surface area contributed by atoms with Gasteiger partial charge in [-0.1, -0.05) is 12.1 Å². The average molecular weight is 493 g/mol. The van der Waals surface area contributed by atoms with Gasteiger partial charge in [-0.25, -0.2) is 31.4 Å². The van der Waals surface area contributed by atoms with Crippen molar-refractivity contribution in [1.29, 1.82) is 0 Å². The van der Waals surface area contributed by atoms with Crippen molar-refractivity contribution < 1.29 is 36.3 Å². The van der Waals surface area contributed by atoms with Gasteiger partial charge in [-0.15, -0.1) is 0 Å². The van der Waals surface area contributed by atoms with Gasteiger partial charge in [0, 0.05) is 12.3 Å². The summed E-state index contributed by atoms with van der Waals surface area (Å²) in [5.74, 6) is -6.88. The molecule has 1 aromatic heterocycles. The van der Waals surface area contributed by atoms with Crippen LogP contribution in [0.25, 0.3) is 0 Å². The normalized spacial score (nSPS) is 12.7. The topological polar surface area (TPSA) is 155 Å². The van der Waals surface area contributed by atoms with Crippen LogP contribution in [-0.2, 0) is 10.0 Å². The van der Waals surface area contributed by atoms with E-state index in [9.17, 15) is 31.9 Å². The Kier molecular flexibility index (Phi) is 5.53. The summed E-state index contributed by atoms with van der Waals surface area (Å²) in [6.07, 6.45) is 1.05.